The molecule has 4 nitrogen and oxygen atoms in total. The summed E-state index contributed by atoms with van der Waals surface area (Å²) in [5, 5.41) is -0.00241. The molecule has 0 aromatic heterocycles. The molecule has 1 aromatic rings. The van der Waals surface area contributed by atoms with E-state index in [-0.39, 0.29) is 10.9 Å². The summed E-state index contributed by atoms with van der Waals surface area (Å²) in [6.07, 6.45) is 1.09. The van der Waals surface area contributed by atoms with Gasteiger partial charge in [0.1, 0.15) is 0 Å². The Labute approximate surface area is 87.7 Å². The topological polar surface area (TPSA) is 63.6 Å². The van der Waals surface area contributed by atoms with Gasteiger partial charge in [0, 0.05) is 12.7 Å². The second-order valence-corrected chi connectivity index (χ2v) is 4.68. The molecular formula is C10H11O4P. The third-order valence-electron chi connectivity index (χ3n) is 1.91. The van der Waals surface area contributed by atoms with Gasteiger partial charge in [-0.25, -0.2) is 0 Å². The molecule has 0 radical (unpaired) electrons. The normalized spacial score (nSPS) is 14.3. The standard InChI is InChI=1S/C10H11O4P/c1-3-9(11)8-6-4-5-7-10(8)15(12,13)14-2/h3-7H,1H2,2H3,(H,12,13). The molecule has 0 amide bonds. The van der Waals surface area contributed by atoms with Gasteiger partial charge in [0.25, 0.3) is 0 Å². The van der Waals surface area contributed by atoms with Crippen molar-refractivity contribution in [2.75, 3.05) is 7.11 Å². The van der Waals surface area contributed by atoms with Crippen molar-refractivity contribution in [2.45, 2.75) is 0 Å². The number of hydrogen-bond donors (Lipinski definition) is 1. The smallest absolute Gasteiger partial charge is 0.321 e. The van der Waals surface area contributed by atoms with Gasteiger partial charge in [-0.2, -0.15) is 0 Å². The molecule has 0 saturated heterocycles. The van der Waals surface area contributed by atoms with E-state index in [1.165, 1.54) is 12.1 Å². The highest BCUT2D eigenvalue weighted by molar-refractivity contribution is 7.61. The van der Waals surface area contributed by atoms with Gasteiger partial charge in [-0.3, -0.25) is 9.36 Å². The zero-order valence-corrected chi connectivity index (χ0v) is 9.11. The van der Waals surface area contributed by atoms with Crippen LogP contribution < -0.4 is 5.30 Å². The first-order valence-corrected chi connectivity index (χ1v) is 5.75. The third kappa shape index (κ3) is 2.42. The van der Waals surface area contributed by atoms with Crippen LogP contribution in [0.4, 0.5) is 0 Å². The van der Waals surface area contributed by atoms with Gasteiger partial charge in [0.05, 0.1) is 5.30 Å². The van der Waals surface area contributed by atoms with Gasteiger partial charge >= 0.3 is 7.60 Å². The van der Waals surface area contributed by atoms with Crippen LogP contribution in [0.25, 0.3) is 0 Å². The van der Waals surface area contributed by atoms with E-state index >= 15 is 0 Å². The van der Waals surface area contributed by atoms with E-state index in [1.54, 1.807) is 12.1 Å². The SMILES string of the molecule is C=CC(=O)c1ccccc1P(=O)(O)OC. The molecule has 1 N–H and O–H groups in total. The average molecular weight is 226 g/mol. The maximum Gasteiger partial charge on any atom is 0.359 e. The number of allylic oxidation sites excluding steroid dienone is 1. The fourth-order valence-electron chi connectivity index (χ4n) is 1.14. The zero-order chi connectivity index (χ0) is 11.5. The first-order valence-electron chi connectivity index (χ1n) is 4.18. The minimum absolute atomic E-state index is 0.00241. The van der Waals surface area contributed by atoms with Crippen LogP contribution in [0, 0.1) is 0 Å². The molecule has 0 fully saturated rings. The van der Waals surface area contributed by atoms with Gasteiger partial charge < -0.3 is 9.42 Å². The van der Waals surface area contributed by atoms with E-state index < -0.39 is 13.4 Å². The predicted octanol–water partition coefficient (Wildman–Crippen LogP) is 1.51. The lowest BCUT2D eigenvalue weighted by Gasteiger charge is -2.11. The van der Waals surface area contributed by atoms with Gasteiger partial charge in [-0.1, -0.05) is 24.8 Å². The second-order valence-electron chi connectivity index (χ2n) is 2.79. The molecule has 1 aromatic carbocycles. The molecule has 0 bridgehead atoms. The number of carbonyl (C=O) groups excluding carboxylic acids is 1. The van der Waals surface area contributed by atoms with Crippen molar-refractivity contribution in [3.63, 3.8) is 0 Å². The lowest BCUT2D eigenvalue weighted by Crippen LogP contribution is -2.15. The molecular weight excluding hydrogens is 215 g/mol. The largest absolute Gasteiger partial charge is 0.359 e. The van der Waals surface area contributed by atoms with Gasteiger partial charge in [-0.15, -0.1) is 0 Å². The fraction of sp³-hybridized carbons (Fsp3) is 0.100. The van der Waals surface area contributed by atoms with Crippen molar-refractivity contribution in [3.8, 4) is 0 Å². The Morgan fingerprint density at radius 1 is 1.53 bits per heavy atom. The van der Waals surface area contributed by atoms with Crippen molar-refractivity contribution >= 4 is 18.7 Å². The minimum atomic E-state index is -3.90. The number of hydrogen-bond acceptors (Lipinski definition) is 3. The maximum absolute atomic E-state index is 11.6. The monoisotopic (exact) mass is 226 g/mol. The molecule has 5 heteroatoms. The predicted molar refractivity (Wildman–Crippen MR) is 57.4 cm³/mol. The Bertz CT molecular complexity index is 439. The van der Waals surface area contributed by atoms with Crippen LogP contribution >= 0.6 is 7.60 Å². The molecule has 0 aliphatic carbocycles. The molecule has 0 aliphatic heterocycles. The van der Waals surface area contributed by atoms with E-state index in [0.717, 1.165) is 13.2 Å². The van der Waals surface area contributed by atoms with Crippen molar-refractivity contribution in [3.05, 3.63) is 42.5 Å². The fourth-order valence-corrected chi connectivity index (χ4v) is 2.10. The van der Waals surface area contributed by atoms with Crippen LogP contribution in [-0.2, 0) is 9.09 Å². The number of ketones is 1. The Balaban J connectivity index is 3.36. The Hall–Kier alpha value is -1.22. The van der Waals surface area contributed by atoms with Crippen molar-refractivity contribution in [1.29, 1.82) is 0 Å². The summed E-state index contributed by atoms with van der Waals surface area (Å²) in [5.41, 5.74) is 0.139. The van der Waals surface area contributed by atoms with Crippen molar-refractivity contribution < 1.29 is 18.8 Å². The van der Waals surface area contributed by atoms with Crippen LogP contribution in [0.3, 0.4) is 0 Å². The van der Waals surface area contributed by atoms with Crippen molar-refractivity contribution in [1.82, 2.24) is 0 Å². The summed E-state index contributed by atoms with van der Waals surface area (Å²) in [6, 6.07) is 6.02. The first-order chi connectivity index (χ1) is 7.03. The summed E-state index contributed by atoms with van der Waals surface area (Å²) < 4.78 is 16.1. The highest BCUT2D eigenvalue weighted by atomic mass is 31.2. The summed E-state index contributed by atoms with van der Waals surface area (Å²) >= 11 is 0. The van der Waals surface area contributed by atoms with Gasteiger partial charge in [0.15, 0.2) is 5.78 Å². The lowest BCUT2D eigenvalue weighted by atomic mass is 10.1. The summed E-state index contributed by atoms with van der Waals surface area (Å²) in [4.78, 5) is 20.9. The molecule has 1 atom stereocenters. The molecule has 15 heavy (non-hydrogen) atoms. The molecule has 80 valence electrons. The average Bonchev–Trinajstić information content (AvgIpc) is 2.28. The van der Waals surface area contributed by atoms with E-state index in [1.807, 2.05) is 0 Å². The van der Waals surface area contributed by atoms with Crippen LogP contribution in [0.5, 0.6) is 0 Å². The molecule has 0 spiro atoms. The number of rotatable bonds is 4. The summed E-state index contributed by atoms with van der Waals surface area (Å²) in [6.45, 7) is 3.32. The van der Waals surface area contributed by atoms with Crippen LogP contribution in [-0.4, -0.2) is 17.8 Å². The Morgan fingerprint density at radius 2 is 2.13 bits per heavy atom. The van der Waals surface area contributed by atoms with Crippen molar-refractivity contribution in [2.24, 2.45) is 0 Å². The van der Waals surface area contributed by atoms with Crippen LogP contribution in [0.2, 0.25) is 0 Å². The highest BCUT2D eigenvalue weighted by Gasteiger charge is 2.25. The molecule has 0 saturated carbocycles. The molecule has 0 aliphatic rings. The van der Waals surface area contributed by atoms with E-state index in [4.69, 9.17) is 0 Å². The Kier molecular flexibility index (Phi) is 3.58. The zero-order valence-electron chi connectivity index (χ0n) is 8.21. The quantitative estimate of drug-likeness (QED) is 0.480. The van der Waals surface area contributed by atoms with Crippen LogP contribution in [0.15, 0.2) is 36.9 Å². The summed E-state index contributed by atoms with van der Waals surface area (Å²) in [5.74, 6) is -0.406. The van der Waals surface area contributed by atoms with E-state index in [2.05, 4.69) is 11.1 Å². The van der Waals surface area contributed by atoms with E-state index in [0.29, 0.717) is 0 Å². The second kappa shape index (κ2) is 4.53. The third-order valence-corrected chi connectivity index (χ3v) is 3.40. The first kappa shape index (κ1) is 11.9. The minimum Gasteiger partial charge on any atom is -0.321 e. The summed E-state index contributed by atoms with van der Waals surface area (Å²) in [7, 11) is -2.78. The lowest BCUT2D eigenvalue weighted by molar-refractivity contribution is 0.104. The maximum atomic E-state index is 11.6. The molecule has 1 unspecified atom stereocenters. The van der Waals surface area contributed by atoms with E-state index in [9.17, 15) is 14.3 Å². The van der Waals surface area contributed by atoms with Crippen LogP contribution in [0.1, 0.15) is 10.4 Å². The highest BCUT2D eigenvalue weighted by Crippen LogP contribution is 2.40. The van der Waals surface area contributed by atoms with Gasteiger partial charge in [-0.05, 0) is 12.1 Å². The van der Waals surface area contributed by atoms with Gasteiger partial charge in [0.2, 0.25) is 0 Å². The number of carbonyl (C=O) groups is 1. The Morgan fingerprint density at radius 3 is 2.67 bits per heavy atom. The number of benzene rings is 1. The molecule has 0 heterocycles. The molecule has 1 rings (SSSR count).